The smallest absolute Gasteiger partial charge is 0.126 e. The van der Waals surface area contributed by atoms with Crippen molar-refractivity contribution in [2.75, 3.05) is 0 Å². The van der Waals surface area contributed by atoms with Crippen LogP contribution in [0.3, 0.4) is 0 Å². The maximum Gasteiger partial charge on any atom is 0.126 e. The van der Waals surface area contributed by atoms with Gasteiger partial charge in [-0.1, -0.05) is 18.2 Å². The summed E-state index contributed by atoms with van der Waals surface area (Å²) in [7, 11) is 0. The molecular formula is C13H8N4S. The predicted octanol–water partition coefficient (Wildman–Crippen LogP) is 3.10. The molecule has 3 aromatic heterocycles. The van der Waals surface area contributed by atoms with E-state index in [0.29, 0.717) is 0 Å². The van der Waals surface area contributed by atoms with Gasteiger partial charge in [0, 0.05) is 10.8 Å². The summed E-state index contributed by atoms with van der Waals surface area (Å²) in [5.41, 5.74) is 2.82. The Morgan fingerprint density at radius 3 is 2.94 bits per heavy atom. The van der Waals surface area contributed by atoms with Crippen LogP contribution in [-0.2, 0) is 0 Å². The van der Waals surface area contributed by atoms with Gasteiger partial charge in [-0.3, -0.25) is 0 Å². The third kappa shape index (κ3) is 1.25. The van der Waals surface area contributed by atoms with E-state index in [-0.39, 0.29) is 0 Å². The van der Waals surface area contributed by atoms with E-state index in [0.717, 1.165) is 37.0 Å². The highest BCUT2D eigenvalue weighted by Crippen LogP contribution is 2.33. The average molecular weight is 252 g/mol. The highest BCUT2D eigenvalue weighted by molar-refractivity contribution is 7.25. The highest BCUT2D eigenvalue weighted by Gasteiger charge is 2.11. The molecule has 0 amide bonds. The molecule has 0 spiro atoms. The first kappa shape index (κ1) is 9.85. The molecule has 18 heavy (non-hydrogen) atoms. The summed E-state index contributed by atoms with van der Waals surface area (Å²) in [6.45, 7) is 1.95. The van der Waals surface area contributed by atoms with E-state index in [9.17, 15) is 0 Å². The summed E-state index contributed by atoms with van der Waals surface area (Å²) in [6, 6.07) is 10.2. The molecule has 3 heterocycles. The van der Waals surface area contributed by atoms with Crippen LogP contribution in [0.4, 0.5) is 0 Å². The lowest BCUT2D eigenvalue weighted by Gasteiger charge is -1.96. The van der Waals surface area contributed by atoms with Gasteiger partial charge in [0.1, 0.15) is 10.3 Å². The van der Waals surface area contributed by atoms with Crippen molar-refractivity contribution in [3.05, 3.63) is 36.0 Å². The van der Waals surface area contributed by atoms with Crippen molar-refractivity contribution in [2.45, 2.75) is 6.92 Å². The van der Waals surface area contributed by atoms with Crippen LogP contribution < -0.4 is 0 Å². The van der Waals surface area contributed by atoms with Crippen molar-refractivity contribution >= 4 is 42.7 Å². The van der Waals surface area contributed by atoms with Crippen molar-refractivity contribution < 1.29 is 0 Å². The maximum absolute atomic E-state index is 4.68. The molecule has 5 heteroatoms. The fourth-order valence-electron chi connectivity index (χ4n) is 2.14. The Morgan fingerprint density at radius 1 is 1.11 bits per heavy atom. The largest absolute Gasteiger partial charge is 0.237 e. The lowest BCUT2D eigenvalue weighted by Crippen LogP contribution is -1.89. The van der Waals surface area contributed by atoms with Crippen molar-refractivity contribution in [3.63, 3.8) is 0 Å². The lowest BCUT2D eigenvalue weighted by molar-refractivity contribution is 0.874. The second kappa shape index (κ2) is 3.43. The second-order valence-electron chi connectivity index (χ2n) is 4.19. The van der Waals surface area contributed by atoms with Gasteiger partial charge in [0.15, 0.2) is 0 Å². The summed E-state index contributed by atoms with van der Waals surface area (Å²) < 4.78 is 1.07. The van der Waals surface area contributed by atoms with Gasteiger partial charge in [0.25, 0.3) is 0 Å². The molecule has 0 saturated heterocycles. The van der Waals surface area contributed by atoms with Gasteiger partial charge in [-0.15, -0.1) is 21.5 Å². The molecule has 0 fully saturated rings. The first-order chi connectivity index (χ1) is 8.83. The summed E-state index contributed by atoms with van der Waals surface area (Å²) in [4.78, 5) is 5.67. The number of pyridine rings is 1. The number of rotatable bonds is 0. The first-order valence-corrected chi connectivity index (χ1v) is 6.42. The number of aromatic nitrogens is 4. The first-order valence-electron chi connectivity index (χ1n) is 5.61. The Morgan fingerprint density at radius 2 is 2.00 bits per heavy atom. The van der Waals surface area contributed by atoms with Crippen LogP contribution in [0.25, 0.3) is 31.3 Å². The molecule has 86 valence electrons. The molecule has 4 nitrogen and oxygen atoms in total. The Hall–Kier alpha value is -2.14. The minimum Gasteiger partial charge on any atom is -0.237 e. The number of aryl methyl sites for hydroxylation is 1. The van der Waals surface area contributed by atoms with Gasteiger partial charge in [-0.05, 0) is 24.3 Å². The van der Waals surface area contributed by atoms with Gasteiger partial charge < -0.3 is 0 Å². The fraction of sp³-hybridized carbons (Fsp3) is 0.0769. The van der Waals surface area contributed by atoms with Crippen LogP contribution in [0.5, 0.6) is 0 Å². The van der Waals surface area contributed by atoms with E-state index in [1.807, 2.05) is 25.1 Å². The molecule has 0 aliphatic heterocycles. The Kier molecular flexibility index (Phi) is 1.87. The van der Waals surface area contributed by atoms with Crippen LogP contribution in [0, 0.1) is 6.92 Å². The Labute approximate surface area is 106 Å². The summed E-state index contributed by atoms with van der Waals surface area (Å²) in [5.74, 6) is 0. The lowest BCUT2D eigenvalue weighted by atomic mass is 10.2. The minimum absolute atomic E-state index is 0.903. The second-order valence-corrected chi connectivity index (χ2v) is 5.19. The van der Waals surface area contributed by atoms with Gasteiger partial charge in [0.05, 0.1) is 15.9 Å². The molecule has 0 unspecified atom stereocenters. The van der Waals surface area contributed by atoms with E-state index >= 15 is 0 Å². The number of para-hydroxylation sites is 1. The zero-order chi connectivity index (χ0) is 12.1. The van der Waals surface area contributed by atoms with Crippen molar-refractivity contribution in [3.8, 4) is 0 Å². The fourth-order valence-corrected chi connectivity index (χ4v) is 3.18. The van der Waals surface area contributed by atoms with E-state index in [1.165, 1.54) is 0 Å². The number of nitrogens with zero attached hydrogens (tertiary/aromatic N) is 4. The number of thiophene rings is 1. The van der Waals surface area contributed by atoms with Gasteiger partial charge >= 0.3 is 0 Å². The van der Waals surface area contributed by atoms with Crippen LogP contribution in [0.1, 0.15) is 5.69 Å². The van der Waals surface area contributed by atoms with Crippen LogP contribution in [0.2, 0.25) is 0 Å². The Balaban J connectivity index is 2.27. The minimum atomic E-state index is 0.903. The quantitative estimate of drug-likeness (QED) is 0.482. The Bertz CT molecular complexity index is 897. The van der Waals surface area contributed by atoms with Gasteiger partial charge in [-0.25, -0.2) is 4.98 Å². The van der Waals surface area contributed by atoms with Gasteiger partial charge in [-0.2, -0.15) is 0 Å². The third-order valence-corrected chi connectivity index (χ3v) is 4.22. The number of fused-ring (bicyclic) bond motifs is 4. The topological polar surface area (TPSA) is 51.6 Å². The number of hydrogen-bond donors (Lipinski definition) is 0. The molecule has 0 bridgehead atoms. The molecule has 0 saturated carbocycles. The van der Waals surface area contributed by atoms with E-state index < -0.39 is 0 Å². The highest BCUT2D eigenvalue weighted by atomic mass is 32.1. The normalized spacial score (nSPS) is 11.6. The zero-order valence-electron chi connectivity index (χ0n) is 9.58. The molecule has 4 rings (SSSR count). The average Bonchev–Trinajstić information content (AvgIpc) is 2.76. The van der Waals surface area contributed by atoms with Crippen molar-refractivity contribution in [1.82, 2.24) is 20.4 Å². The molecule has 4 aromatic rings. The molecular weight excluding hydrogens is 244 g/mol. The van der Waals surface area contributed by atoms with Crippen molar-refractivity contribution in [1.29, 1.82) is 0 Å². The standard InChI is InChI=1S/C13H8N4S/c1-7-12-11(16-17-15-7)9-6-8-4-2-3-5-10(8)14-13(9)18-12/h2-6H,1H3. The van der Waals surface area contributed by atoms with Gasteiger partial charge in [0.2, 0.25) is 0 Å². The molecule has 1 aromatic carbocycles. The van der Waals surface area contributed by atoms with E-state index in [1.54, 1.807) is 11.3 Å². The monoisotopic (exact) mass is 252 g/mol. The zero-order valence-corrected chi connectivity index (χ0v) is 10.4. The molecule has 0 N–H and O–H groups in total. The molecule has 0 atom stereocenters. The number of benzene rings is 1. The molecule has 0 radical (unpaired) electrons. The van der Waals surface area contributed by atoms with Crippen LogP contribution in [0.15, 0.2) is 30.3 Å². The SMILES string of the molecule is Cc1nnnc2c1sc1nc3ccccc3cc12. The van der Waals surface area contributed by atoms with Crippen LogP contribution >= 0.6 is 11.3 Å². The molecule has 0 aliphatic rings. The third-order valence-electron chi connectivity index (χ3n) is 3.03. The molecule has 0 aliphatic carbocycles. The number of hydrogen-bond acceptors (Lipinski definition) is 5. The summed E-state index contributed by atoms with van der Waals surface area (Å²) in [5, 5.41) is 14.1. The van der Waals surface area contributed by atoms with E-state index in [2.05, 4.69) is 32.5 Å². The summed E-state index contributed by atoms with van der Waals surface area (Å²) in [6.07, 6.45) is 0. The van der Waals surface area contributed by atoms with Crippen molar-refractivity contribution in [2.24, 2.45) is 0 Å². The summed E-state index contributed by atoms with van der Waals surface area (Å²) >= 11 is 1.63. The van der Waals surface area contributed by atoms with E-state index in [4.69, 9.17) is 0 Å². The van der Waals surface area contributed by atoms with Crippen LogP contribution in [-0.4, -0.2) is 20.4 Å². The predicted molar refractivity (Wildman–Crippen MR) is 72.8 cm³/mol. The maximum atomic E-state index is 4.68.